The number of rotatable bonds is 2. The second-order valence-electron chi connectivity index (χ2n) is 2.80. The van der Waals surface area contributed by atoms with Crippen molar-refractivity contribution in [2.24, 2.45) is 0 Å². The molecule has 0 aliphatic heterocycles. The van der Waals surface area contributed by atoms with Crippen molar-refractivity contribution in [1.29, 1.82) is 0 Å². The summed E-state index contributed by atoms with van der Waals surface area (Å²) < 4.78 is 14.3. The maximum Gasteiger partial charge on any atom is 0.131 e. The SMILES string of the molecule is CSCc1cc2c(F)cccc2s1. The van der Waals surface area contributed by atoms with Crippen molar-refractivity contribution in [3.8, 4) is 0 Å². The van der Waals surface area contributed by atoms with Crippen molar-refractivity contribution in [2.45, 2.75) is 5.75 Å². The van der Waals surface area contributed by atoms with Crippen LogP contribution in [0.1, 0.15) is 4.88 Å². The Morgan fingerprint density at radius 3 is 3.00 bits per heavy atom. The van der Waals surface area contributed by atoms with Gasteiger partial charge in [0.15, 0.2) is 0 Å². The molecule has 0 atom stereocenters. The Hall–Kier alpha value is -0.540. The second-order valence-corrected chi connectivity index (χ2v) is 4.83. The molecule has 0 aliphatic rings. The van der Waals surface area contributed by atoms with E-state index in [1.54, 1.807) is 29.2 Å². The zero-order valence-corrected chi connectivity index (χ0v) is 8.84. The summed E-state index contributed by atoms with van der Waals surface area (Å²) in [5.74, 6) is 0.861. The molecule has 68 valence electrons. The standard InChI is InChI=1S/C10H9FS2/c1-12-6-7-5-8-9(11)3-2-4-10(8)13-7/h2-5H,6H2,1H3. The predicted molar refractivity (Wildman–Crippen MR) is 59.0 cm³/mol. The number of fused-ring (bicyclic) bond motifs is 1. The van der Waals surface area contributed by atoms with Gasteiger partial charge in [0.05, 0.1) is 0 Å². The highest BCUT2D eigenvalue weighted by Gasteiger charge is 2.04. The average molecular weight is 212 g/mol. The Morgan fingerprint density at radius 1 is 1.46 bits per heavy atom. The Balaban J connectivity index is 2.55. The van der Waals surface area contributed by atoms with Gasteiger partial charge in [-0.25, -0.2) is 4.39 Å². The van der Waals surface area contributed by atoms with Crippen LogP contribution in [-0.2, 0) is 5.75 Å². The zero-order valence-electron chi connectivity index (χ0n) is 7.21. The van der Waals surface area contributed by atoms with Crippen LogP contribution in [0.4, 0.5) is 4.39 Å². The minimum Gasteiger partial charge on any atom is -0.206 e. The van der Waals surface area contributed by atoms with Crippen LogP contribution >= 0.6 is 23.1 Å². The monoisotopic (exact) mass is 212 g/mol. The first-order valence-corrected chi connectivity index (χ1v) is 6.18. The van der Waals surface area contributed by atoms with Crippen molar-refractivity contribution in [3.63, 3.8) is 0 Å². The largest absolute Gasteiger partial charge is 0.206 e. The first kappa shape index (κ1) is 9.03. The molecule has 13 heavy (non-hydrogen) atoms. The maximum absolute atomic E-state index is 13.2. The minimum absolute atomic E-state index is 0.110. The number of thioether (sulfide) groups is 1. The fourth-order valence-corrected chi connectivity index (χ4v) is 3.12. The molecule has 0 fully saturated rings. The first-order chi connectivity index (χ1) is 6.31. The molecular formula is C10H9FS2. The molecule has 0 unspecified atom stereocenters. The van der Waals surface area contributed by atoms with Gasteiger partial charge in [0, 0.05) is 20.7 Å². The van der Waals surface area contributed by atoms with Crippen molar-refractivity contribution >= 4 is 33.2 Å². The summed E-state index contributed by atoms with van der Waals surface area (Å²) >= 11 is 3.44. The molecule has 0 spiro atoms. The summed E-state index contributed by atoms with van der Waals surface area (Å²) in [7, 11) is 0. The van der Waals surface area contributed by atoms with E-state index in [1.165, 1.54) is 10.9 Å². The molecule has 0 saturated carbocycles. The van der Waals surface area contributed by atoms with Gasteiger partial charge in [-0.05, 0) is 24.5 Å². The topological polar surface area (TPSA) is 0 Å². The molecule has 0 aliphatic carbocycles. The zero-order chi connectivity index (χ0) is 9.26. The van der Waals surface area contributed by atoms with Gasteiger partial charge < -0.3 is 0 Å². The molecule has 0 radical (unpaired) electrons. The van der Waals surface area contributed by atoms with Gasteiger partial charge in [-0.15, -0.1) is 11.3 Å². The minimum atomic E-state index is -0.110. The van der Waals surface area contributed by atoms with E-state index < -0.39 is 0 Å². The van der Waals surface area contributed by atoms with Crippen molar-refractivity contribution in [3.05, 3.63) is 35.0 Å². The lowest BCUT2D eigenvalue weighted by molar-refractivity contribution is 0.640. The summed E-state index contributed by atoms with van der Waals surface area (Å²) in [5.41, 5.74) is 0. The highest BCUT2D eigenvalue weighted by atomic mass is 32.2. The van der Waals surface area contributed by atoms with Crippen LogP contribution in [0.5, 0.6) is 0 Å². The van der Waals surface area contributed by atoms with Gasteiger partial charge in [0.1, 0.15) is 5.82 Å². The molecule has 0 bridgehead atoms. The molecule has 1 heterocycles. The van der Waals surface area contributed by atoms with Crippen LogP contribution in [0, 0.1) is 5.82 Å². The number of thiophene rings is 1. The van der Waals surface area contributed by atoms with Crippen LogP contribution in [0.15, 0.2) is 24.3 Å². The molecule has 2 rings (SSSR count). The first-order valence-electron chi connectivity index (χ1n) is 3.97. The van der Waals surface area contributed by atoms with Crippen LogP contribution in [0.25, 0.3) is 10.1 Å². The van der Waals surface area contributed by atoms with Gasteiger partial charge in [0.25, 0.3) is 0 Å². The lowest BCUT2D eigenvalue weighted by Crippen LogP contribution is -1.71. The fraction of sp³-hybridized carbons (Fsp3) is 0.200. The molecule has 3 heteroatoms. The van der Waals surface area contributed by atoms with Gasteiger partial charge >= 0.3 is 0 Å². The predicted octanol–water partition coefficient (Wildman–Crippen LogP) is 3.90. The summed E-state index contributed by atoms with van der Waals surface area (Å²) in [6.07, 6.45) is 2.06. The van der Waals surface area contributed by atoms with E-state index in [9.17, 15) is 4.39 Å². The van der Waals surface area contributed by atoms with Crippen LogP contribution < -0.4 is 0 Å². The summed E-state index contributed by atoms with van der Waals surface area (Å²) in [5, 5.41) is 0.761. The van der Waals surface area contributed by atoms with E-state index in [-0.39, 0.29) is 5.82 Å². The third kappa shape index (κ3) is 1.71. The normalized spacial score (nSPS) is 10.9. The molecule has 1 aromatic carbocycles. The smallest absolute Gasteiger partial charge is 0.131 e. The van der Waals surface area contributed by atoms with E-state index >= 15 is 0 Å². The molecule has 0 amide bonds. The van der Waals surface area contributed by atoms with Gasteiger partial charge in [0.2, 0.25) is 0 Å². The Kier molecular flexibility index (Phi) is 2.56. The van der Waals surface area contributed by atoms with E-state index in [2.05, 4.69) is 6.26 Å². The Labute approximate surface area is 84.8 Å². The van der Waals surface area contributed by atoms with E-state index in [4.69, 9.17) is 0 Å². The van der Waals surface area contributed by atoms with Gasteiger partial charge in [-0.3, -0.25) is 0 Å². The summed E-state index contributed by atoms with van der Waals surface area (Å²) in [4.78, 5) is 1.24. The molecule has 0 nitrogen and oxygen atoms in total. The van der Waals surface area contributed by atoms with Crippen molar-refractivity contribution < 1.29 is 4.39 Å². The lowest BCUT2D eigenvalue weighted by atomic mass is 10.2. The van der Waals surface area contributed by atoms with Crippen LogP contribution in [0.2, 0.25) is 0 Å². The highest BCUT2D eigenvalue weighted by Crippen LogP contribution is 2.29. The molecule has 1 aromatic heterocycles. The summed E-state index contributed by atoms with van der Waals surface area (Å²) in [6, 6.07) is 7.19. The third-order valence-corrected chi connectivity index (χ3v) is 3.73. The number of hydrogen-bond acceptors (Lipinski definition) is 2. The van der Waals surface area contributed by atoms with Crippen molar-refractivity contribution in [1.82, 2.24) is 0 Å². The van der Waals surface area contributed by atoms with Crippen LogP contribution in [-0.4, -0.2) is 6.26 Å². The van der Waals surface area contributed by atoms with Crippen molar-refractivity contribution in [2.75, 3.05) is 6.26 Å². The molecule has 2 aromatic rings. The van der Waals surface area contributed by atoms with Crippen LogP contribution in [0.3, 0.4) is 0 Å². The van der Waals surface area contributed by atoms with E-state index in [0.29, 0.717) is 0 Å². The molecule has 0 saturated heterocycles. The van der Waals surface area contributed by atoms with E-state index in [1.807, 2.05) is 12.1 Å². The number of benzene rings is 1. The van der Waals surface area contributed by atoms with E-state index in [0.717, 1.165) is 15.8 Å². The Bertz CT molecular complexity index is 420. The molecule has 0 N–H and O–H groups in total. The third-order valence-electron chi connectivity index (χ3n) is 1.85. The number of hydrogen-bond donors (Lipinski definition) is 0. The highest BCUT2D eigenvalue weighted by molar-refractivity contribution is 7.97. The fourth-order valence-electron chi connectivity index (χ4n) is 1.29. The lowest BCUT2D eigenvalue weighted by Gasteiger charge is -1.88. The average Bonchev–Trinajstić information content (AvgIpc) is 2.49. The number of halogens is 1. The summed E-state index contributed by atoms with van der Waals surface area (Å²) in [6.45, 7) is 0. The maximum atomic E-state index is 13.2. The second kappa shape index (κ2) is 3.68. The van der Waals surface area contributed by atoms with Gasteiger partial charge in [-0.2, -0.15) is 11.8 Å². The van der Waals surface area contributed by atoms with Gasteiger partial charge in [-0.1, -0.05) is 6.07 Å². The Morgan fingerprint density at radius 2 is 2.31 bits per heavy atom. The molecular weight excluding hydrogens is 203 g/mol. The quantitative estimate of drug-likeness (QED) is 0.727.